The minimum Gasteiger partial charge on any atom is -0.444 e. The summed E-state index contributed by atoms with van der Waals surface area (Å²) < 4.78 is 47.2. The van der Waals surface area contributed by atoms with Gasteiger partial charge in [0.05, 0.1) is 0 Å². The molecule has 0 fully saturated rings. The summed E-state index contributed by atoms with van der Waals surface area (Å²) in [6, 6.07) is 5.01. The van der Waals surface area contributed by atoms with Gasteiger partial charge in [0.1, 0.15) is 17.2 Å². The molecule has 0 aliphatic carbocycles. The predicted octanol–water partition coefficient (Wildman–Crippen LogP) is 3.78. The van der Waals surface area contributed by atoms with E-state index in [2.05, 4.69) is 10.6 Å². The summed E-state index contributed by atoms with van der Waals surface area (Å²) in [6.07, 6.45) is -5.39. The number of aryl methyl sites for hydroxylation is 1. The van der Waals surface area contributed by atoms with Gasteiger partial charge in [-0.3, -0.25) is 9.59 Å². The number of hydrogen-bond donors (Lipinski definition) is 3. The highest BCUT2D eigenvalue weighted by atomic mass is 19.4. The van der Waals surface area contributed by atoms with Crippen molar-refractivity contribution in [1.29, 1.82) is 0 Å². The van der Waals surface area contributed by atoms with Crippen LogP contribution in [-0.2, 0) is 14.3 Å². The number of fused-ring (bicyclic) bond motifs is 1. The number of alkyl halides is 3. The minimum absolute atomic E-state index is 0.0642. The van der Waals surface area contributed by atoms with E-state index in [-0.39, 0.29) is 31.4 Å². The third kappa shape index (κ3) is 8.95. The first-order valence-corrected chi connectivity index (χ1v) is 10.9. The van der Waals surface area contributed by atoms with Gasteiger partial charge in [0.15, 0.2) is 0 Å². The number of benzene rings is 1. The van der Waals surface area contributed by atoms with Crippen molar-refractivity contribution in [2.45, 2.75) is 64.8 Å². The van der Waals surface area contributed by atoms with E-state index in [1.54, 1.807) is 45.1 Å². The molecule has 0 spiro atoms. The molecule has 0 aliphatic rings. The normalized spacial score (nSPS) is 12.7. The molecular formula is C23H28F3N3O6. The molecule has 12 heteroatoms. The Hall–Kier alpha value is -3.57. The second-order valence-corrected chi connectivity index (χ2v) is 8.90. The second kappa shape index (κ2) is 11.2. The molecule has 0 saturated heterocycles. The van der Waals surface area contributed by atoms with Crippen molar-refractivity contribution >= 4 is 34.6 Å². The Morgan fingerprint density at radius 2 is 1.77 bits per heavy atom. The fraction of sp³-hybridized carbons (Fsp3) is 0.478. The van der Waals surface area contributed by atoms with E-state index in [4.69, 9.17) is 9.15 Å². The van der Waals surface area contributed by atoms with Crippen LogP contribution in [0.15, 0.2) is 33.5 Å². The maximum atomic E-state index is 12.9. The lowest BCUT2D eigenvalue weighted by molar-refractivity contribution is -0.173. The standard InChI is InChI=1S/C23H28F3N3O6/c1-13-11-18(30)34-17-12-14(8-9-15(13)17)28-19(31)16(29-21(33)35-22(2,3)4)7-5-6-10-27-20(32)23(24,25)26/h8-9,11-12,16H,5-7,10H2,1-4H3,(H,27,32)(H,28,31)(H,29,33)/t16-/m1/s1. The van der Waals surface area contributed by atoms with Crippen LogP contribution in [0, 0.1) is 6.92 Å². The zero-order chi connectivity index (χ0) is 26.4. The van der Waals surface area contributed by atoms with Gasteiger partial charge in [0.25, 0.3) is 0 Å². The Morgan fingerprint density at radius 3 is 2.40 bits per heavy atom. The molecule has 1 aromatic heterocycles. The van der Waals surface area contributed by atoms with Crippen LogP contribution >= 0.6 is 0 Å². The zero-order valence-corrected chi connectivity index (χ0v) is 19.8. The van der Waals surface area contributed by atoms with Crippen molar-refractivity contribution in [3.8, 4) is 0 Å². The highest BCUT2D eigenvalue weighted by Gasteiger charge is 2.38. The van der Waals surface area contributed by atoms with Crippen LogP contribution in [0.3, 0.4) is 0 Å². The van der Waals surface area contributed by atoms with Gasteiger partial charge in [-0.1, -0.05) is 0 Å². The predicted molar refractivity (Wildman–Crippen MR) is 122 cm³/mol. The number of carbonyl (C=O) groups is 3. The number of halogens is 3. The fourth-order valence-corrected chi connectivity index (χ4v) is 3.13. The van der Waals surface area contributed by atoms with Crippen LogP contribution in [0.1, 0.15) is 45.6 Å². The third-order valence-corrected chi connectivity index (χ3v) is 4.69. The van der Waals surface area contributed by atoms with Crippen molar-refractivity contribution in [3.05, 3.63) is 40.2 Å². The number of hydrogen-bond acceptors (Lipinski definition) is 6. The van der Waals surface area contributed by atoms with Crippen LogP contribution in [0.5, 0.6) is 0 Å². The molecule has 0 aliphatic heterocycles. The van der Waals surface area contributed by atoms with Crippen molar-refractivity contribution < 1.29 is 36.7 Å². The van der Waals surface area contributed by atoms with E-state index >= 15 is 0 Å². The summed E-state index contributed by atoms with van der Waals surface area (Å²) in [5.41, 5.74) is -0.0768. The highest BCUT2D eigenvalue weighted by molar-refractivity contribution is 5.98. The molecule has 192 valence electrons. The van der Waals surface area contributed by atoms with Gasteiger partial charge in [-0.05, 0) is 64.7 Å². The molecular weight excluding hydrogens is 471 g/mol. The van der Waals surface area contributed by atoms with Gasteiger partial charge in [-0.25, -0.2) is 9.59 Å². The van der Waals surface area contributed by atoms with Crippen LogP contribution in [-0.4, -0.2) is 42.3 Å². The topological polar surface area (TPSA) is 127 Å². The van der Waals surface area contributed by atoms with E-state index in [1.165, 1.54) is 12.1 Å². The van der Waals surface area contributed by atoms with E-state index in [1.807, 2.05) is 0 Å². The second-order valence-electron chi connectivity index (χ2n) is 8.90. The molecule has 1 aromatic carbocycles. The molecule has 1 atom stereocenters. The number of carbonyl (C=O) groups excluding carboxylic acids is 3. The molecule has 9 nitrogen and oxygen atoms in total. The van der Waals surface area contributed by atoms with E-state index in [9.17, 15) is 32.3 Å². The Morgan fingerprint density at radius 1 is 1.09 bits per heavy atom. The zero-order valence-electron chi connectivity index (χ0n) is 19.8. The molecule has 0 unspecified atom stereocenters. The molecule has 2 rings (SSSR count). The Bertz CT molecular complexity index is 1140. The Balaban J connectivity index is 2.07. The summed E-state index contributed by atoms with van der Waals surface area (Å²) in [5, 5.41) is 7.53. The molecule has 3 amide bonds. The van der Waals surface area contributed by atoms with Crippen molar-refractivity contribution in [3.63, 3.8) is 0 Å². The number of unbranched alkanes of at least 4 members (excludes halogenated alkanes) is 1. The van der Waals surface area contributed by atoms with Gasteiger partial charge >= 0.3 is 23.8 Å². The fourth-order valence-electron chi connectivity index (χ4n) is 3.13. The van der Waals surface area contributed by atoms with Gasteiger partial charge in [-0.15, -0.1) is 0 Å². The highest BCUT2D eigenvalue weighted by Crippen LogP contribution is 2.21. The van der Waals surface area contributed by atoms with E-state index in [0.717, 1.165) is 0 Å². The van der Waals surface area contributed by atoms with Crippen LogP contribution in [0.25, 0.3) is 11.0 Å². The van der Waals surface area contributed by atoms with Crippen LogP contribution in [0.2, 0.25) is 0 Å². The van der Waals surface area contributed by atoms with Gasteiger partial charge < -0.3 is 25.1 Å². The molecule has 35 heavy (non-hydrogen) atoms. The third-order valence-electron chi connectivity index (χ3n) is 4.69. The first-order valence-electron chi connectivity index (χ1n) is 10.9. The average molecular weight is 499 g/mol. The largest absolute Gasteiger partial charge is 0.471 e. The maximum absolute atomic E-state index is 12.9. The smallest absolute Gasteiger partial charge is 0.444 e. The minimum atomic E-state index is -4.97. The number of rotatable bonds is 8. The average Bonchev–Trinajstić information content (AvgIpc) is 2.69. The number of ether oxygens (including phenoxy) is 1. The number of alkyl carbamates (subject to hydrolysis) is 1. The quantitative estimate of drug-likeness (QED) is 0.375. The number of nitrogens with one attached hydrogen (secondary N) is 3. The first-order chi connectivity index (χ1) is 16.2. The SMILES string of the molecule is Cc1cc(=O)oc2cc(NC(=O)[C@@H](CCCCNC(=O)C(F)(F)F)NC(=O)OC(C)(C)C)ccc12. The van der Waals surface area contributed by atoms with Gasteiger partial charge in [-0.2, -0.15) is 13.2 Å². The first kappa shape index (κ1) is 27.7. The molecule has 0 bridgehead atoms. The van der Waals surface area contributed by atoms with Crippen molar-refractivity contribution in [2.24, 2.45) is 0 Å². The lowest BCUT2D eigenvalue weighted by Gasteiger charge is -2.23. The summed E-state index contributed by atoms with van der Waals surface area (Å²) >= 11 is 0. The lowest BCUT2D eigenvalue weighted by atomic mass is 10.1. The van der Waals surface area contributed by atoms with Gasteiger partial charge in [0, 0.05) is 29.8 Å². The van der Waals surface area contributed by atoms with E-state index in [0.29, 0.717) is 16.6 Å². The molecule has 3 N–H and O–H groups in total. The summed E-state index contributed by atoms with van der Waals surface area (Å²) in [6.45, 7) is 6.44. The molecule has 0 saturated carbocycles. The Labute approximate surface area is 199 Å². The van der Waals surface area contributed by atoms with Crippen LogP contribution in [0.4, 0.5) is 23.7 Å². The Kier molecular flexibility index (Phi) is 8.88. The lowest BCUT2D eigenvalue weighted by Crippen LogP contribution is -2.45. The summed E-state index contributed by atoms with van der Waals surface area (Å²) in [5.74, 6) is -2.65. The number of anilines is 1. The molecule has 1 heterocycles. The van der Waals surface area contributed by atoms with Crippen molar-refractivity contribution in [1.82, 2.24) is 10.6 Å². The maximum Gasteiger partial charge on any atom is 0.471 e. The molecule has 0 radical (unpaired) electrons. The molecule has 2 aromatic rings. The summed E-state index contributed by atoms with van der Waals surface area (Å²) in [4.78, 5) is 47.6. The van der Waals surface area contributed by atoms with Crippen LogP contribution < -0.4 is 21.6 Å². The monoisotopic (exact) mass is 499 g/mol. The van der Waals surface area contributed by atoms with E-state index < -0.39 is 41.4 Å². The number of amides is 3. The van der Waals surface area contributed by atoms with Crippen molar-refractivity contribution in [2.75, 3.05) is 11.9 Å². The van der Waals surface area contributed by atoms with Gasteiger partial charge in [0.2, 0.25) is 5.91 Å². The summed E-state index contributed by atoms with van der Waals surface area (Å²) in [7, 11) is 0.